The summed E-state index contributed by atoms with van der Waals surface area (Å²) in [5.74, 6) is -0.278. The molecule has 0 aromatic heterocycles. The first-order valence-electron chi connectivity index (χ1n) is 10.1. The van der Waals surface area contributed by atoms with Gasteiger partial charge in [-0.25, -0.2) is 9.59 Å². The van der Waals surface area contributed by atoms with Crippen LogP contribution >= 0.6 is 11.6 Å². The molecule has 154 valence electrons. The van der Waals surface area contributed by atoms with Crippen LogP contribution in [0.1, 0.15) is 68.8 Å². The molecule has 0 bridgehead atoms. The number of amides is 1. The molecule has 2 aliphatic rings. The number of benzene rings is 1. The van der Waals surface area contributed by atoms with Crippen molar-refractivity contribution in [2.75, 3.05) is 13.1 Å². The Bertz CT molecular complexity index is 747. The molecule has 1 aliphatic carbocycles. The Morgan fingerprint density at radius 3 is 2.57 bits per heavy atom. The molecule has 1 unspecified atom stereocenters. The van der Waals surface area contributed by atoms with E-state index in [4.69, 9.17) is 16.3 Å². The van der Waals surface area contributed by atoms with Crippen LogP contribution < -0.4 is 0 Å². The lowest BCUT2D eigenvalue weighted by Crippen LogP contribution is -2.42. The molecule has 1 saturated heterocycles. The summed E-state index contributed by atoms with van der Waals surface area (Å²) in [4.78, 5) is 25.2. The predicted octanol–water partition coefficient (Wildman–Crippen LogP) is 5.40. The second kappa shape index (κ2) is 7.94. The fourth-order valence-corrected chi connectivity index (χ4v) is 4.69. The number of carbonyl (C=O) groups excluding carboxylic acids is 1. The molecule has 1 heterocycles. The third-order valence-electron chi connectivity index (χ3n) is 6.08. The Morgan fingerprint density at radius 2 is 1.96 bits per heavy atom. The van der Waals surface area contributed by atoms with Crippen molar-refractivity contribution in [1.29, 1.82) is 0 Å². The van der Waals surface area contributed by atoms with Gasteiger partial charge >= 0.3 is 12.1 Å². The van der Waals surface area contributed by atoms with E-state index in [-0.39, 0.29) is 11.7 Å². The van der Waals surface area contributed by atoms with E-state index in [0.29, 0.717) is 16.4 Å². The normalized spacial score (nSPS) is 20.9. The van der Waals surface area contributed by atoms with Gasteiger partial charge in [0.05, 0.1) is 10.6 Å². The number of rotatable bonds is 5. The summed E-state index contributed by atoms with van der Waals surface area (Å²) >= 11 is 6.24. The standard InChI is InChI=1S/C22H30ClNO4/c1-21(2,3)28-20(27)24-12-10-22(11-13-24)14-16(22)8-4-6-15-7-5-9-17(18(15)23)19(25)26/h5,7,9,16H,4,6,8,10-14H2,1-3H3,(H,25,26). The number of piperidine rings is 1. The minimum Gasteiger partial charge on any atom is -0.478 e. The average molecular weight is 408 g/mol. The highest BCUT2D eigenvalue weighted by molar-refractivity contribution is 6.34. The number of carbonyl (C=O) groups is 2. The van der Waals surface area contributed by atoms with Gasteiger partial charge in [0, 0.05) is 13.1 Å². The largest absolute Gasteiger partial charge is 0.478 e. The van der Waals surface area contributed by atoms with Crippen molar-refractivity contribution in [3.8, 4) is 0 Å². The summed E-state index contributed by atoms with van der Waals surface area (Å²) in [6, 6.07) is 5.22. The average Bonchev–Trinajstić information content (AvgIpc) is 3.26. The fraction of sp³-hybridized carbons (Fsp3) is 0.636. The molecule has 1 atom stereocenters. The number of halogens is 1. The zero-order valence-electron chi connectivity index (χ0n) is 17.0. The van der Waals surface area contributed by atoms with Crippen molar-refractivity contribution in [3.05, 3.63) is 34.3 Å². The third-order valence-corrected chi connectivity index (χ3v) is 6.52. The Hall–Kier alpha value is -1.75. The fourth-order valence-electron chi connectivity index (χ4n) is 4.39. The van der Waals surface area contributed by atoms with Crippen LogP contribution in [0.3, 0.4) is 0 Å². The van der Waals surface area contributed by atoms with E-state index in [0.717, 1.165) is 50.8 Å². The molecule has 1 amide bonds. The van der Waals surface area contributed by atoms with Gasteiger partial charge in [-0.05, 0) is 82.3 Å². The van der Waals surface area contributed by atoms with Crippen LogP contribution in [0, 0.1) is 11.3 Å². The van der Waals surface area contributed by atoms with Crippen molar-refractivity contribution in [3.63, 3.8) is 0 Å². The van der Waals surface area contributed by atoms with Crippen molar-refractivity contribution in [2.24, 2.45) is 11.3 Å². The molecule has 1 aromatic carbocycles. The van der Waals surface area contributed by atoms with Crippen LogP contribution in [0.2, 0.25) is 5.02 Å². The number of aryl methyl sites for hydroxylation is 1. The van der Waals surface area contributed by atoms with Crippen LogP contribution in [0.4, 0.5) is 4.79 Å². The van der Waals surface area contributed by atoms with Gasteiger partial charge in [0.25, 0.3) is 0 Å². The first kappa shape index (κ1) is 21.0. The zero-order valence-corrected chi connectivity index (χ0v) is 17.7. The second-order valence-electron chi connectivity index (χ2n) is 9.21. The minimum absolute atomic E-state index is 0.177. The van der Waals surface area contributed by atoms with Gasteiger partial charge in [0.2, 0.25) is 0 Å². The first-order chi connectivity index (χ1) is 13.1. The van der Waals surface area contributed by atoms with E-state index in [1.807, 2.05) is 31.7 Å². The Morgan fingerprint density at radius 1 is 1.29 bits per heavy atom. The van der Waals surface area contributed by atoms with Crippen LogP contribution in [-0.4, -0.2) is 40.8 Å². The van der Waals surface area contributed by atoms with Crippen molar-refractivity contribution in [1.82, 2.24) is 4.90 Å². The highest BCUT2D eigenvalue weighted by Crippen LogP contribution is 2.61. The summed E-state index contributed by atoms with van der Waals surface area (Å²) in [5, 5.41) is 9.55. The summed E-state index contributed by atoms with van der Waals surface area (Å²) < 4.78 is 5.48. The molecule has 0 radical (unpaired) electrons. The molecule has 1 N–H and O–H groups in total. The quantitative estimate of drug-likeness (QED) is 0.709. The number of hydrogen-bond donors (Lipinski definition) is 1. The van der Waals surface area contributed by atoms with Crippen LogP contribution in [0.5, 0.6) is 0 Å². The summed E-state index contributed by atoms with van der Waals surface area (Å²) in [6.45, 7) is 7.23. The maximum absolute atomic E-state index is 12.2. The minimum atomic E-state index is -0.982. The van der Waals surface area contributed by atoms with Crippen molar-refractivity contribution in [2.45, 2.75) is 64.9 Å². The molecule has 5 nitrogen and oxygen atoms in total. The molecule has 2 fully saturated rings. The van der Waals surface area contributed by atoms with Crippen molar-refractivity contribution < 1.29 is 19.4 Å². The smallest absolute Gasteiger partial charge is 0.410 e. The molecule has 1 aliphatic heterocycles. The number of likely N-dealkylation sites (tertiary alicyclic amines) is 1. The number of nitrogens with zero attached hydrogens (tertiary/aromatic N) is 1. The Kier molecular flexibility index (Phi) is 5.95. The summed E-state index contributed by atoms with van der Waals surface area (Å²) in [6.07, 6.45) is 6.06. The highest BCUT2D eigenvalue weighted by Gasteiger charge is 2.54. The molecule has 28 heavy (non-hydrogen) atoms. The maximum Gasteiger partial charge on any atom is 0.410 e. The molecule has 3 rings (SSSR count). The number of carboxylic acids is 1. The lowest BCUT2D eigenvalue weighted by atomic mass is 9.89. The molecule has 6 heteroatoms. The van der Waals surface area contributed by atoms with Gasteiger partial charge < -0.3 is 14.7 Å². The van der Waals surface area contributed by atoms with E-state index in [9.17, 15) is 14.7 Å². The van der Waals surface area contributed by atoms with Gasteiger partial charge in [0.15, 0.2) is 0 Å². The van der Waals surface area contributed by atoms with Crippen LogP contribution in [0.25, 0.3) is 0 Å². The van der Waals surface area contributed by atoms with E-state index in [1.54, 1.807) is 12.1 Å². The Labute approximate surface area is 172 Å². The van der Waals surface area contributed by atoms with E-state index >= 15 is 0 Å². The van der Waals surface area contributed by atoms with Gasteiger partial charge in [-0.2, -0.15) is 0 Å². The van der Waals surface area contributed by atoms with Gasteiger partial charge in [0.1, 0.15) is 5.60 Å². The monoisotopic (exact) mass is 407 g/mol. The van der Waals surface area contributed by atoms with Crippen LogP contribution in [0.15, 0.2) is 18.2 Å². The molecular weight excluding hydrogens is 378 g/mol. The number of carboxylic acid groups (broad SMARTS) is 1. The van der Waals surface area contributed by atoms with Crippen LogP contribution in [-0.2, 0) is 11.2 Å². The van der Waals surface area contributed by atoms with Gasteiger partial charge in [-0.15, -0.1) is 0 Å². The topological polar surface area (TPSA) is 66.8 Å². The van der Waals surface area contributed by atoms with Crippen molar-refractivity contribution >= 4 is 23.7 Å². The Balaban J connectivity index is 1.44. The number of ether oxygens (including phenoxy) is 1. The number of aromatic carboxylic acids is 1. The summed E-state index contributed by atoms with van der Waals surface area (Å²) in [5.41, 5.74) is 1.03. The SMILES string of the molecule is CC(C)(C)OC(=O)N1CCC2(CC1)CC2CCCc1cccc(C(=O)O)c1Cl. The molecule has 1 aromatic rings. The number of hydrogen-bond acceptors (Lipinski definition) is 3. The van der Waals surface area contributed by atoms with Gasteiger partial charge in [-0.3, -0.25) is 0 Å². The molecule has 1 saturated carbocycles. The zero-order chi connectivity index (χ0) is 20.5. The van der Waals surface area contributed by atoms with Gasteiger partial charge in [-0.1, -0.05) is 23.7 Å². The molecular formula is C22H30ClNO4. The maximum atomic E-state index is 12.2. The lowest BCUT2D eigenvalue weighted by molar-refractivity contribution is 0.0164. The van der Waals surface area contributed by atoms with E-state index < -0.39 is 11.6 Å². The third kappa shape index (κ3) is 4.80. The van der Waals surface area contributed by atoms with E-state index in [2.05, 4.69) is 0 Å². The molecule has 1 spiro atoms. The first-order valence-corrected chi connectivity index (χ1v) is 10.5. The predicted molar refractivity (Wildman–Crippen MR) is 109 cm³/mol. The van der Waals surface area contributed by atoms with E-state index in [1.165, 1.54) is 6.42 Å². The second-order valence-corrected chi connectivity index (χ2v) is 9.58. The highest BCUT2D eigenvalue weighted by atomic mass is 35.5. The summed E-state index contributed by atoms with van der Waals surface area (Å²) in [7, 11) is 0. The lowest BCUT2D eigenvalue weighted by Gasteiger charge is -2.34.